The highest BCUT2D eigenvalue weighted by Crippen LogP contribution is 2.36. The third-order valence-corrected chi connectivity index (χ3v) is 2.25. The molecule has 1 aromatic heterocycles. The van der Waals surface area contributed by atoms with E-state index in [1.54, 1.807) is 0 Å². The fourth-order valence-corrected chi connectivity index (χ4v) is 1.50. The molecular formula is C10H6F3NO3. The van der Waals surface area contributed by atoms with E-state index in [-0.39, 0.29) is 22.3 Å². The first kappa shape index (κ1) is 11.4. The predicted molar refractivity (Wildman–Crippen MR) is 51.0 cm³/mol. The first-order valence-corrected chi connectivity index (χ1v) is 4.47. The van der Waals surface area contributed by atoms with Crippen LogP contribution in [-0.2, 0) is 6.18 Å². The Morgan fingerprint density at radius 3 is 2.65 bits per heavy atom. The Hall–Kier alpha value is -2.05. The summed E-state index contributed by atoms with van der Waals surface area (Å²) in [6.45, 7) is 0. The molecule has 0 amide bonds. The van der Waals surface area contributed by atoms with Crippen molar-refractivity contribution in [2.75, 3.05) is 7.11 Å². The number of aldehydes is 1. The van der Waals surface area contributed by atoms with Crippen LogP contribution in [0.25, 0.3) is 11.0 Å². The van der Waals surface area contributed by atoms with Gasteiger partial charge in [-0.1, -0.05) is 5.16 Å². The molecular weight excluding hydrogens is 239 g/mol. The van der Waals surface area contributed by atoms with E-state index in [0.29, 0.717) is 6.29 Å². The second-order valence-corrected chi connectivity index (χ2v) is 3.20. The summed E-state index contributed by atoms with van der Waals surface area (Å²) in [6, 6.07) is 2.42. The van der Waals surface area contributed by atoms with Crippen LogP contribution in [0.5, 0.6) is 5.75 Å². The number of fused-ring (bicyclic) bond motifs is 1. The minimum Gasteiger partial charge on any atom is -0.496 e. The Morgan fingerprint density at radius 1 is 1.41 bits per heavy atom. The van der Waals surface area contributed by atoms with E-state index < -0.39 is 11.9 Å². The Labute approximate surface area is 92.9 Å². The summed E-state index contributed by atoms with van der Waals surface area (Å²) < 4.78 is 47.0. The largest absolute Gasteiger partial charge is 0.496 e. The van der Waals surface area contributed by atoms with Crippen molar-refractivity contribution >= 4 is 17.3 Å². The molecule has 0 aliphatic carbocycles. The van der Waals surface area contributed by atoms with Gasteiger partial charge in [0.05, 0.1) is 12.5 Å². The number of methoxy groups -OCH3 is 1. The Bertz CT molecular complexity index is 574. The van der Waals surface area contributed by atoms with Gasteiger partial charge in [-0.05, 0) is 12.1 Å². The number of ether oxygens (including phenoxy) is 1. The Balaban J connectivity index is 2.78. The van der Waals surface area contributed by atoms with Gasteiger partial charge in [0.25, 0.3) is 0 Å². The summed E-state index contributed by atoms with van der Waals surface area (Å²) in [4.78, 5) is 10.8. The monoisotopic (exact) mass is 245 g/mol. The van der Waals surface area contributed by atoms with E-state index in [1.807, 2.05) is 0 Å². The Kier molecular flexibility index (Phi) is 2.53. The number of hydrogen-bond acceptors (Lipinski definition) is 4. The van der Waals surface area contributed by atoms with E-state index in [1.165, 1.54) is 13.2 Å². The van der Waals surface area contributed by atoms with Crippen LogP contribution < -0.4 is 4.74 Å². The zero-order valence-electron chi connectivity index (χ0n) is 8.54. The molecule has 90 valence electrons. The highest BCUT2D eigenvalue weighted by Gasteiger charge is 2.37. The maximum atomic E-state index is 12.5. The zero-order chi connectivity index (χ0) is 12.6. The molecule has 4 nitrogen and oxygen atoms in total. The van der Waals surface area contributed by atoms with Gasteiger partial charge in [0.2, 0.25) is 0 Å². The van der Waals surface area contributed by atoms with E-state index in [4.69, 9.17) is 4.74 Å². The van der Waals surface area contributed by atoms with Crippen LogP contribution in [0.3, 0.4) is 0 Å². The third kappa shape index (κ3) is 1.73. The van der Waals surface area contributed by atoms with Crippen molar-refractivity contribution in [1.29, 1.82) is 0 Å². The molecule has 0 atom stereocenters. The molecule has 0 unspecified atom stereocenters. The molecule has 0 saturated heterocycles. The van der Waals surface area contributed by atoms with Crippen LogP contribution in [0.4, 0.5) is 13.2 Å². The predicted octanol–water partition coefficient (Wildman–Crippen LogP) is 2.67. The number of carbonyl (C=O) groups excluding carboxylic acids is 1. The van der Waals surface area contributed by atoms with Crippen LogP contribution in [-0.4, -0.2) is 18.6 Å². The van der Waals surface area contributed by atoms with Crippen molar-refractivity contribution in [2.24, 2.45) is 0 Å². The van der Waals surface area contributed by atoms with Crippen molar-refractivity contribution in [3.63, 3.8) is 0 Å². The van der Waals surface area contributed by atoms with Gasteiger partial charge in [-0.2, -0.15) is 13.2 Å². The van der Waals surface area contributed by atoms with Gasteiger partial charge in [0, 0.05) is 0 Å². The molecule has 0 saturated carbocycles. The van der Waals surface area contributed by atoms with Crippen LogP contribution in [0.1, 0.15) is 16.1 Å². The number of alkyl halides is 3. The lowest BCUT2D eigenvalue weighted by Crippen LogP contribution is -2.05. The number of aromatic nitrogens is 1. The van der Waals surface area contributed by atoms with Crippen molar-refractivity contribution < 1.29 is 27.2 Å². The number of halogens is 3. The molecule has 0 aliphatic rings. The van der Waals surface area contributed by atoms with Gasteiger partial charge >= 0.3 is 6.18 Å². The number of carbonyl (C=O) groups is 1. The number of rotatable bonds is 2. The molecule has 1 aromatic carbocycles. The number of nitrogens with zero attached hydrogens (tertiary/aromatic N) is 1. The highest BCUT2D eigenvalue weighted by atomic mass is 19.4. The summed E-state index contributed by atoms with van der Waals surface area (Å²) in [6.07, 6.45) is -4.26. The topological polar surface area (TPSA) is 52.3 Å². The summed E-state index contributed by atoms with van der Waals surface area (Å²) in [7, 11) is 1.30. The fourth-order valence-electron chi connectivity index (χ4n) is 1.50. The van der Waals surface area contributed by atoms with Gasteiger partial charge in [0.1, 0.15) is 11.3 Å². The molecule has 0 N–H and O–H groups in total. The molecule has 17 heavy (non-hydrogen) atoms. The van der Waals surface area contributed by atoms with Crippen molar-refractivity contribution in [1.82, 2.24) is 5.16 Å². The van der Waals surface area contributed by atoms with E-state index in [0.717, 1.165) is 6.07 Å². The third-order valence-electron chi connectivity index (χ3n) is 2.25. The minimum atomic E-state index is -4.63. The van der Waals surface area contributed by atoms with Crippen LogP contribution >= 0.6 is 0 Å². The molecule has 0 fully saturated rings. The van der Waals surface area contributed by atoms with Crippen LogP contribution in [0.15, 0.2) is 16.7 Å². The quantitative estimate of drug-likeness (QED) is 0.763. The second-order valence-electron chi connectivity index (χ2n) is 3.20. The fraction of sp³-hybridized carbons (Fsp3) is 0.200. The summed E-state index contributed by atoms with van der Waals surface area (Å²) in [5.74, 6) is 0.136. The number of benzene rings is 1. The van der Waals surface area contributed by atoms with Crippen molar-refractivity contribution in [2.45, 2.75) is 6.18 Å². The number of hydrogen-bond donors (Lipinski definition) is 0. The molecule has 7 heteroatoms. The van der Waals surface area contributed by atoms with Crippen molar-refractivity contribution in [3.05, 3.63) is 23.4 Å². The first-order chi connectivity index (χ1) is 7.99. The molecule has 0 spiro atoms. The lowest BCUT2D eigenvalue weighted by molar-refractivity contribution is -0.141. The Morgan fingerprint density at radius 2 is 2.12 bits per heavy atom. The van der Waals surface area contributed by atoms with Crippen LogP contribution in [0, 0.1) is 0 Å². The smallest absolute Gasteiger partial charge is 0.437 e. The van der Waals surface area contributed by atoms with Crippen LogP contribution in [0.2, 0.25) is 0 Å². The lowest BCUT2D eigenvalue weighted by Gasteiger charge is -2.04. The van der Waals surface area contributed by atoms with Gasteiger partial charge in [0.15, 0.2) is 17.6 Å². The molecule has 0 radical (unpaired) electrons. The summed E-state index contributed by atoms with van der Waals surface area (Å²) >= 11 is 0. The second kappa shape index (κ2) is 3.76. The van der Waals surface area contributed by atoms with Gasteiger partial charge < -0.3 is 9.26 Å². The first-order valence-electron chi connectivity index (χ1n) is 4.47. The zero-order valence-corrected chi connectivity index (χ0v) is 8.54. The SMILES string of the molecule is COc1ccc2c(C(F)(F)F)noc2c1C=O. The maximum absolute atomic E-state index is 12.5. The van der Waals surface area contributed by atoms with Gasteiger partial charge in [-0.25, -0.2) is 0 Å². The van der Waals surface area contributed by atoms with E-state index in [9.17, 15) is 18.0 Å². The molecule has 2 aromatic rings. The molecule has 1 heterocycles. The summed E-state index contributed by atoms with van der Waals surface area (Å²) in [5.41, 5.74) is -1.47. The average molecular weight is 245 g/mol. The van der Waals surface area contributed by atoms with Crippen molar-refractivity contribution in [3.8, 4) is 5.75 Å². The minimum absolute atomic E-state index is 0.0898. The van der Waals surface area contributed by atoms with E-state index >= 15 is 0 Å². The van der Waals surface area contributed by atoms with E-state index in [2.05, 4.69) is 9.68 Å². The molecule has 0 bridgehead atoms. The highest BCUT2D eigenvalue weighted by molar-refractivity contribution is 5.98. The molecule has 2 rings (SSSR count). The van der Waals surface area contributed by atoms with Gasteiger partial charge in [-0.3, -0.25) is 4.79 Å². The molecule has 0 aliphatic heterocycles. The maximum Gasteiger partial charge on any atom is 0.437 e. The lowest BCUT2D eigenvalue weighted by atomic mass is 10.1. The van der Waals surface area contributed by atoms with Gasteiger partial charge in [-0.15, -0.1) is 0 Å². The standard InChI is InChI=1S/C10H6F3NO3/c1-16-7-3-2-5-8(6(7)4-15)17-14-9(5)10(11,12)13/h2-4H,1H3. The average Bonchev–Trinajstić information content (AvgIpc) is 2.70. The normalized spacial score (nSPS) is 11.8. The summed E-state index contributed by atoms with van der Waals surface area (Å²) in [5, 5.41) is 2.67.